The average Bonchev–Trinajstić information content (AvgIpc) is 2.38. The van der Waals surface area contributed by atoms with Crippen LogP contribution < -0.4 is 4.74 Å². The highest BCUT2D eigenvalue weighted by molar-refractivity contribution is 6.00. The molecule has 0 radical (unpaired) electrons. The Morgan fingerprint density at radius 3 is 2.58 bits per heavy atom. The predicted molar refractivity (Wildman–Crippen MR) is 80.6 cm³/mol. The van der Waals surface area contributed by atoms with Crippen molar-refractivity contribution in [3.05, 3.63) is 42.0 Å². The highest BCUT2D eigenvalue weighted by atomic mass is 35.5. The Morgan fingerprint density at radius 2 is 1.89 bits per heavy atom. The van der Waals surface area contributed by atoms with Gasteiger partial charge in [0.15, 0.2) is 6.29 Å². The lowest BCUT2D eigenvalue weighted by Crippen LogP contribution is -2.19. The summed E-state index contributed by atoms with van der Waals surface area (Å²) in [6, 6.07) is 11.7. The van der Waals surface area contributed by atoms with Crippen molar-refractivity contribution in [1.82, 2.24) is 4.90 Å². The molecular formula is C15H18ClNO2. The smallest absolute Gasteiger partial charge is 0.154 e. The van der Waals surface area contributed by atoms with E-state index in [1.165, 1.54) is 0 Å². The number of rotatable bonds is 5. The summed E-state index contributed by atoms with van der Waals surface area (Å²) < 4.78 is 5.67. The molecule has 0 saturated carbocycles. The third-order valence-electron chi connectivity index (χ3n) is 2.84. The van der Waals surface area contributed by atoms with Gasteiger partial charge in [0, 0.05) is 6.54 Å². The number of hydrogen-bond acceptors (Lipinski definition) is 3. The van der Waals surface area contributed by atoms with Gasteiger partial charge >= 0.3 is 0 Å². The van der Waals surface area contributed by atoms with E-state index in [2.05, 4.69) is 0 Å². The summed E-state index contributed by atoms with van der Waals surface area (Å²) in [4.78, 5) is 13.3. The number of hydrogen-bond donors (Lipinski definition) is 0. The molecule has 0 atom stereocenters. The Morgan fingerprint density at radius 1 is 1.16 bits per heavy atom. The number of carbonyl (C=O) groups is 1. The number of halogens is 1. The van der Waals surface area contributed by atoms with Crippen molar-refractivity contribution in [3.63, 3.8) is 0 Å². The van der Waals surface area contributed by atoms with Crippen molar-refractivity contribution in [1.29, 1.82) is 0 Å². The van der Waals surface area contributed by atoms with Gasteiger partial charge in [-0.1, -0.05) is 30.3 Å². The first kappa shape index (κ1) is 15.5. The maximum absolute atomic E-state index is 11.2. The normalized spacial score (nSPS) is 10.3. The molecule has 0 spiro atoms. The zero-order chi connectivity index (χ0) is 13.0. The number of fused-ring (bicyclic) bond motifs is 1. The minimum Gasteiger partial charge on any atom is -0.491 e. The molecule has 0 aromatic heterocycles. The molecule has 2 rings (SSSR count). The number of aldehydes is 1. The minimum atomic E-state index is 0. The molecule has 0 unspecified atom stereocenters. The highest BCUT2D eigenvalue weighted by Crippen LogP contribution is 2.26. The van der Waals surface area contributed by atoms with E-state index in [4.69, 9.17) is 4.74 Å². The number of nitrogens with zero attached hydrogens (tertiary/aromatic N) is 1. The van der Waals surface area contributed by atoms with Gasteiger partial charge in [0.2, 0.25) is 0 Å². The quantitative estimate of drug-likeness (QED) is 0.788. The van der Waals surface area contributed by atoms with E-state index < -0.39 is 0 Å². The molecule has 0 fully saturated rings. The number of carbonyl (C=O) groups excluding carboxylic acids is 1. The van der Waals surface area contributed by atoms with Crippen molar-refractivity contribution in [3.8, 4) is 5.75 Å². The molecule has 4 heteroatoms. The van der Waals surface area contributed by atoms with E-state index in [9.17, 15) is 4.79 Å². The summed E-state index contributed by atoms with van der Waals surface area (Å²) in [5.74, 6) is 0.658. The van der Waals surface area contributed by atoms with Crippen molar-refractivity contribution < 1.29 is 9.53 Å². The lowest BCUT2D eigenvalue weighted by atomic mass is 10.0. The highest BCUT2D eigenvalue weighted by Gasteiger charge is 2.07. The first-order valence-electron chi connectivity index (χ1n) is 5.97. The van der Waals surface area contributed by atoms with Crippen LogP contribution in [0.3, 0.4) is 0 Å². The van der Waals surface area contributed by atoms with Crippen LogP contribution in [0.25, 0.3) is 10.8 Å². The van der Waals surface area contributed by atoms with Crippen LogP contribution in [0.15, 0.2) is 36.4 Å². The summed E-state index contributed by atoms with van der Waals surface area (Å²) >= 11 is 0. The predicted octanol–water partition coefficient (Wildman–Crippen LogP) is 3.01. The van der Waals surface area contributed by atoms with Crippen LogP contribution in [0.2, 0.25) is 0 Å². The molecular weight excluding hydrogens is 262 g/mol. The Balaban J connectivity index is 0.00000180. The monoisotopic (exact) mass is 279 g/mol. The molecule has 0 aliphatic heterocycles. The molecule has 0 aliphatic rings. The molecule has 19 heavy (non-hydrogen) atoms. The fraction of sp³-hybridized carbons (Fsp3) is 0.267. The molecule has 0 amide bonds. The van der Waals surface area contributed by atoms with E-state index in [0.717, 1.165) is 23.6 Å². The van der Waals surface area contributed by atoms with E-state index in [0.29, 0.717) is 17.9 Å². The minimum absolute atomic E-state index is 0. The number of benzene rings is 2. The lowest BCUT2D eigenvalue weighted by molar-refractivity contribution is 0.112. The van der Waals surface area contributed by atoms with Crippen molar-refractivity contribution in [2.75, 3.05) is 27.2 Å². The summed E-state index contributed by atoms with van der Waals surface area (Å²) in [5, 5.41) is 1.99. The molecule has 2 aromatic rings. The van der Waals surface area contributed by atoms with Gasteiger partial charge in [0.1, 0.15) is 12.4 Å². The van der Waals surface area contributed by atoms with Crippen LogP contribution in [0.5, 0.6) is 5.75 Å². The maximum Gasteiger partial charge on any atom is 0.154 e. The fourth-order valence-electron chi connectivity index (χ4n) is 1.86. The molecule has 102 valence electrons. The van der Waals surface area contributed by atoms with Crippen LogP contribution in [0.4, 0.5) is 0 Å². The van der Waals surface area contributed by atoms with E-state index in [1.807, 2.05) is 55.4 Å². The van der Waals surface area contributed by atoms with Crippen molar-refractivity contribution >= 4 is 29.5 Å². The average molecular weight is 280 g/mol. The second kappa shape index (κ2) is 7.12. The zero-order valence-electron chi connectivity index (χ0n) is 11.1. The molecule has 0 saturated heterocycles. The van der Waals surface area contributed by atoms with Gasteiger partial charge in [-0.2, -0.15) is 0 Å². The first-order valence-corrected chi connectivity index (χ1v) is 5.97. The van der Waals surface area contributed by atoms with Crippen LogP contribution in [0.1, 0.15) is 10.4 Å². The molecule has 2 aromatic carbocycles. The fourth-order valence-corrected chi connectivity index (χ4v) is 1.86. The Kier molecular flexibility index (Phi) is 5.80. The van der Waals surface area contributed by atoms with Crippen LogP contribution in [0, 0.1) is 0 Å². The maximum atomic E-state index is 11.2. The van der Waals surface area contributed by atoms with Crippen molar-refractivity contribution in [2.45, 2.75) is 0 Å². The topological polar surface area (TPSA) is 29.5 Å². The molecule has 0 heterocycles. The van der Waals surface area contributed by atoms with Crippen LogP contribution >= 0.6 is 12.4 Å². The lowest BCUT2D eigenvalue weighted by Gasteiger charge is -2.13. The van der Waals surface area contributed by atoms with Gasteiger partial charge in [-0.25, -0.2) is 0 Å². The van der Waals surface area contributed by atoms with E-state index in [1.54, 1.807) is 0 Å². The van der Waals surface area contributed by atoms with E-state index in [-0.39, 0.29) is 12.4 Å². The Bertz CT molecular complexity index is 555. The number of likely N-dealkylation sites (N-methyl/N-ethyl adjacent to an activating group) is 1. The van der Waals surface area contributed by atoms with Crippen LogP contribution in [-0.4, -0.2) is 38.4 Å². The van der Waals surface area contributed by atoms with Gasteiger partial charge in [-0.3, -0.25) is 4.79 Å². The molecule has 0 N–H and O–H groups in total. The summed E-state index contributed by atoms with van der Waals surface area (Å²) in [7, 11) is 3.98. The third kappa shape index (κ3) is 3.69. The summed E-state index contributed by atoms with van der Waals surface area (Å²) in [5.41, 5.74) is 0.631. The summed E-state index contributed by atoms with van der Waals surface area (Å²) in [6.45, 7) is 1.40. The van der Waals surface area contributed by atoms with Gasteiger partial charge in [0.05, 0.1) is 5.56 Å². The zero-order valence-corrected chi connectivity index (χ0v) is 11.9. The standard InChI is InChI=1S/C15H17NO2.ClH/c1-16(2)9-10-18-15-8-7-12-5-3-4-6-13(12)14(15)11-17;/h3-8,11H,9-10H2,1-2H3;1H. The van der Waals surface area contributed by atoms with Crippen LogP contribution in [-0.2, 0) is 0 Å². The largest absolute Gasteiger partial charge is 0.491 e. The first-order chi connectivity index (χ1) is 8.72. The molecule has 3 nitrogen and oxygen atoms in total. The summed E-state index contributed by atoms with van der Waals surface area (Å²) in [6.07, 6.45) is 0.868. The van der Waals surface area contributed by atoms with Gasteiger partial charge < -0.3 is 9.64 Å². The molecule has 0 aliphatic carbocycles. The molecule has 0 bridgehead atoms. The third-order valence-corrected chi connectivity index (χ3v) is 2.84. The van der Waals surface area contributed by atoms with E-state index >= 15 is 0 Å². The SMILES string of the molecule is CN(C)CCOc1ccc2ccccc2c1C=O.Cl. The van der Waals surface area contributed by atoms with Gasteiger partial charge in [-0.05, 0) is 30.9 Å². The van der Waals surface area contributed by atoms with Gasteiger partial charge in [0.25, 0.3) is 0 Å². The number of ether oxygens (including phenoxy) is 1. The van der Waals surface area contributed by atoms with Gasteiger partial charge in [-0.15, -0.1) is 12.4 Å². The second-order valence-corrected chi connectivity index (χ2v) is 4.47. The Hall–Kier alpha value is -1.58. The Labute approximate surface area is 119 Å². The second-order valence-electron chi connectivity index (χ2n) is 4.47. The van der Waals surface area contributed by atoms with Crippen molar-refractivity contribution in [2.24, 2.45) is 0 Å².